The number of hydrogen-bond donors (Lipinski definition) is 1. The summed E-state index contributed by atoms with van der Waals surface area (Å²) in [5.41, 5.74) is 3.25. The highest BCUT2D eigenvalue weighted by atomic mass is 16.8. The van der Waals surface area contributed by atoms with E-state index < -0.39 is 5.54 Å². The second-order valence-corrected chi connectivity index (χ2v) is 6.26. The van der Waals surface area contributed by atoms with Crippen LogP contribution in [0.3, 0.4) is 0 Å². The third-order valence-corrected chi connectivity index (χ3v) is 4.51. The third-order valence-electron chi connectivity index (χ3n) is 4.51. The Hall–Kier alpha value is -1.85. The Kier molecular flexibility index (Phi) is 4.82. The van der Waals surface area contributed by atoms with Crippen LogP contribution >= 0.6 is 0 Å². The first-order chi connectivity index (χ1) is 10.8. The Morgan fingerprint density at radius 2 is 1.78 bits per heavy atom. The van der Waals surface area contributed by atoms with Crippen molar-refractivity contribution in [2.24, 2.45) is 0 Å². The Bertz CT molecular complexity index is 642. The van der Waals surface area contributed by atoms with Crippen molar-refractivity contribution in [1.29, 1.82) is 0 Å². The van der Waals surface area contributed by atoms with E-state index in [4.69, 9.17) is 9.57 Å². The minimum atomic E-state index is -0.894. The molecule has 23 heavy (non-hydrogen) atoms. The Morgan fingerprint density at radius 3 is 2.26 bits per heavy atom. The summed E-state index contributed by atoms with van der Waals surface area (Å²) in [5.74, 6) is -0.282. The molecule has 1 atom stereocenters. The van der Waals surface area contributed by atoms with Gasteiger partial charge >= 0.3 is 0 Å². The maximum atomic E-state index is 12.9. The molecule has 0 aromatic heterocycles. The molecule has 0 bridgehead atoms. The van der Waals surface area contributed by atoms with Crippen LogP contribution in [0.15, 0.2) is 17.9 Å². The van der Waals surface area contributed by atoms with Gasteiger partial charge in [-0.25, -0.2) is 9.90 Å². The van der Waals surface area contributed by atoms with E-state index in [9.17, 15) is 9.90 Å². The van der Waals surface area contributed by atoms with Crippen molar-refractivity contribution in [2.45, 2.75) is 46.6 Å². The van der Waals surface area contributed by atoms with Crippen molar-refractivity contribution in [3.63, 3.8) is 0 Å². The Morgan fingerprint density at radius 1 is 1.22 bits per heavy atom. The number of hydrogen-bond acceptors (Lipinski definition) is 4. The fraction of sp³-hybridized carbons (Fsp3) is 0.500. The second-order valence-electron chi connectivity index (χ2n) is 6.26. The van der Waals surface area contributed by atoms with Crippen LogP contribution in [0.1, 0.15) is 42.5 Å². The fourth-order valence-corrected chi connectivity index (χ4v) is 3.21. The lowest BCUT2D eigenvalue weighted by molar-refractivity contribution is -0.241. The summed E-state index contributed by atoms with van der Waals surface area (Å²) in [4.78, 5) is 18.4. The maximum Gasteiger partial charge on any atom is 0.282 e. The predicted molar refractivity (Wildman–Crippen MR) is 88.7 cm³/mol. The highest BCUT2D eigenvalue weighted by Crippen LogP contribution is 2.42. The molecule has 5 nitrogen and oxygen atoms in total. The normalized spacial score (nSPS) is 21.5. The smallest absolute Gasteiger partial charge is 0.282 e. The molecule has 1 heterocycles. The average molecular weight is 319 g/mol. The third kappa shape index (κ3) is 2.75. The zero-order valence-electron chi connectivity index (χ0n) is 14.7. The van der Waals surface area contributed by atoms with E-state index in [1.807, 2.05) is 39.8 Å². The predicted octanol–water partition coefficient (Wildman–Crippen LogP) is 3.43. The van der Waals surface area contributed by atoms with E-state index in [1.54, 1.807) is 6.92 Å². The van der Waals surface area contributed by atoms with Crippen LogP contribution in [-0.4, -0.2) is 35.5 Å². The Labute approximate surface area is 137 Å². The first-order valence-corrected chi connectivity index (χ1v) is 7.76. The minimum Gasteiger partial charge on any atom is -0.509 e. The van der Waals surface area contributed by atoms with E-state index in [-0.39, 0.29) is 18.5 Å². The molecule has 5 heteroatoms. The molecule has 126 valence electrons. The van der Waals surface area contributed by atoms with Gasteiger partial charge < -0.3 is 9.84 Å². The molecular formula is C18H25NO4. The fourth-order valence-electron chi connectivity index (χ4n) is 3.21. The molecule has 2 rings (SSSR count). The molecule has 0 radical (unpaired) electrons. The van der Waals surface area contributed by atoms with E-state index in [1.165, 1.54) is 12.2 Å². The van der Waals surface area contributed by atoms with Crippen molar-refractivity contribution in [3.8, 4) is 0 Å². The molecule has 0 saturated carbocycles. The number of aryl methyl sites for hydroxylation is 3. The van der Waals surface area contributed by atoms with Gasteiger partial charge in [0, 0.05) is 7.11 Å². The molecule has 0 saturated heterocycles. The number of hydroxylamine groups is 2. The number of ether oxygens (including phenoxy) is 1. The van der Waals surface area contributed by atoms with E-state index in [0.29, 0.717) is 12.0 Å². The molecule has 1 aliphatic heterocycles. The first-order valence-electron chi connectivity index (χ1n) is 7.76. The van der Waals surface area contributed by atoms with Gasteiger partial charge in [0.2, 0.25) is 0 Å². The number of aliphatic hydroxyl groups excluding tert-OH is 1. The zero-order chi connectivity index (χ0) is 17.4. The summed E-state index contributed by atoms with van der Waals surface area (Å²) >= 11 is 0. The van der Waals surface area contributed by atoms with Crippen molar-refractivity contribution in [2.75, 3.05) is 13.9 Å². The summed E-state index contributed by atoms with van der Waals surface area (Å²) in [5, 5.41) is 12.1. The highest BCUT2D eigenvalue weighted by molar-refractivity contribution is 6.23. The number of rotatable bonds is 5. The number of carbonyl (C=O) groups excluding carboxylic acids is 1. The summed E-state index contributed by atoms with van der Waals surface area (Å²) in [6.45, 7) is 9.56. The number of methoxy groups -OCH3 is 1. The highest BCUT2D eigenvalue weighted by Gasteiger charge is 2.50. The van der Waals surface area contributed by atoms with Gasteiger partial charge in [-0.15, -0.1) is 0 Å². The maximum absolute atomic E-state index is 12.9. The minimum absolute atomic E-state index is 0.0479. The van der Waals surface area contributed by atoms with Gasteiger partial charge in [0.05, 0.1) is 5.57 Å². The number of aliphatic hydroxyl groups is 1. The van der Waals surface area contributed by atoms with Gasteiger partial charge in [-0.3, -0.25) is 4.79 Å². The quantitative estimate of drug-likeness (QED) is 0.845. The number of nitrogens with zero attached hydrogens (tertiary/aromatic N) is 1. The zero-order valence-corrected chi connectivity index (χ0v) is 14.7. The lowest BCUT2D eigenvalue weighted by Gasteiger charge is -2.32. The first kappa shape index (κ1) is 17.5. The van der Waals surface area contributed by atoms with Crippen molar-refractivity contribution in [1.82, 2.24) is 5.06 Å². The molecule has 1 unspecified atom stereocenters. The molecule has 1 amide bonds. The van der Waals surface area contributed by atoms with Gasteiger partial charge in [0.1, 0.15) is 11.3 Å². The monoisotopic (exact) mass is 319 g/mol. The van der Waals surface area contributed by atoms with Crippen LogP contribution in [0.5, 0.6) is 0 Å². The molecule has 0 aliphatic carbocycles. The molecule has 0 spiro atoms. The Balaban J connectivity index is 2.60. The molecule has 1 aromatic rings. The standard InChI is InChI=1S/C18H25NO4/c1-7-18(5)16(20)15(17(21)19(18)23-10-22-6)14-12(3)8-11(2)9-13(14)4/h8-9,20H,7,10H2,1-6H3. The van der Waals surface area contributed by atoms with Crippen LogP contribution in [0.25, 0.3) is 5.57 Å². The molecule has 1 aliphatic rings. The average Bonchev–Trinajstić information content (AvgIpc) is 2.66. The molecular weight excluding hydrogens is 294 g/mol. The molecule has 0 fully saturated rings. The number of carbonyl (C=O) groups is 1. The lowest BCUT2D eigenvalue weighted by atomic mass is 9.90. The summed E-state index contributed by atoms with van der Waals surface area (Å²) in [6, 6.07) is 4.02. The van der Waals surface area contributed by atoms with Crippen LogP contribution in [0, 0.1) is 20.8 Å². The molecule has 1 N–H and O–H groups in total. The second kappa shape index (κ2) is 6.34. The lowest BCUT2D eigenvalue weighted by Crippen LogP contribution is -2.45. The van der Waals surface area contributed by atoms with E-state index in [0.717, 1.165) is 22.3 Å². The van der Waals surface area contributed by atoms with Crippen molar-refractivity contribution in [3.05, 3.63) is 40.1 Å². The van der Waals surface area contributed by atoms with Gasteiger partial charge in [-0.2, -0.15) is 0 Å². The topological polar surface area (TPSA) is 59.0 Å². The van der Waals surface area contributed by atoms with Crippen molar-refractivity contribution >= 4 is 11.5 Å². The largest absolute Gasteiger partial charge is 0.509 e. The molecule has 1 aromatic carbocycles. The van der Waals surface area contributed by atoms with E-state index >= 15 is 0 Å². The van der Waals surface area contributed by atoms with Gasteiger partial charge in [0.25, 0.3) is 5.91 Å². The summed E-state index contributed by atoms with van der Waals surface area (Å²) in [6.07, 6.45) is 0.530. The summed E-state index contributed by atoms with van der Waals surface area (Å²) in [7, 11) is 1.49. The SMILES string of the molecule is CCC1(C)C(O)=C(c2c(C)cc(C)cc2C)C(=O)N1OCOC. The van der Waals surface area contributed by atoms with Gasteiger partial charge in [0.15, 0.2) is 6.79 Å². The van der Waals surface area contributed by atoms with Crippen molar-refractivity contribution < 1.29 is 19.5 Å². The number of amides is 1. The van der Waals surface area contributed by atoms with Crippen LogP contribution in [0.2, 0.25) is 0 Å². The van der Waals surface area contributed by atoms with Crippen LogP contribution in [0.4, 0.5) is 0 Å². The van der Waals surface area contributed by atoms with Gasteiger partial charge in [-0.05, 0) is 50.8 Å². The summed E-state index contributed by atoms with van der Waals surface area (Å²) < 4.78 is 4.91. The van der Waals surface area contributed by atoms with Gasteiger partial charge in [-0.1, -0.05) is 24.6 Å². The number of benzene rings is 1. The van der Waals surface area contributed by atoms with Crippen LogP contribution in [-0.2, 0) is 14.4 Å². The van der Waals surface area contributed by atoms with E-state index in [2.05, 4.69) is 0 Å². The van der Waals surface area contributed by atoms with Crippen LogP contribution < -0.4 is 0 Å².